The van der Waals surface area contributed by atoms with E-state index >= 15 is 0 Å². The molecule has 0 spiro atoms. The van der Waals surface area contributed by atoms with Crippen LogP contribution >= 0.6 is 15.9 Å². The largest absolute Gasteiger partial charge is 0.481 e. The first kappa shape index (κ1) is 14.1. The standard InChI is InChI=1S/C12H15BrFNO2/c1-8(15-6-2-3-12(16)17)9-4-5-11(14)10(13)7-9/h4-5,7-8,15H,2-3,6H2,1H3,(H,16,17). The lowest BCUT2D eigenvalue weighted by Gasteiger charge is -2.14. The maximum atomic E-state index is 13.0. The molecule has 0 radical (unpaired) electrons. The van der Waals surface area contributed by atoms with Gasteiger partial charge in [0.1, 0.15) is 5.82 Å². The average Bonchev–Trinajstić information content (AvgIpc) is 2.27. The smallest absolute Gasteiger partial charge is 0.303 e. The summed E-state index contributed by atoms with van der Waals surface area (Å²) in [6.07, 6.45) is 0.745. The molecule has 0 saturated heterocycles. The van der Waals surface area contributed by atoms with Gasteiger partial charge in [-0.1, -0.05) is 6.07 Å². The third-order valence-electron chi connectivity index (χ3n) is 2.46. The van der Waals surface area contributed by atoms with Gasteiger partial charge in [0.2, 0.25) is 0 Å². The van der Waals surface area contributed by atoms with Crippen LogP contribution in [0.4, 0.5) is 4.39 Å². The number of benzene rings is 1. The highest BCUT2D eigenvalue weighted by Gasteiger charge is 2.07. The molecule has 0 aliphatic carbocycles. The number of hydrogen-bond acceptors (Lipinski definition) is 2. The van der Waals surface area contributed by atoms with Crippen LogP contribution in [0, 0.1) is 5.82 Å². The molecule has 1 unspecified atom stereocenters. The number of aliphatic carboxylic acids is 1. The van der Waals surface area contributed by atoms with Crippen LogP contribution in [0.5, 0.6) is 0 Å². The van der Waals surface area contributed by atoms with Gasteiger partial charge in [-0.25, -0.2) is 4.39 Å². The van der Waals surface area contributed by atoms with Gasteiger partial charge in [-0.05, 0) is 53.5 Å². The van der Waals surface area contributed by atoms with Crippen molar-refractivity contribution < 1.29 is 14.3 Å². The summed E-state index contributed by atoms with van der Waals surface area (Å²) in [5, 5.41) is 11.7. The van der Waals surface area contributed by atoms with Crippen molar-refractivity contribution in [3.63, 3.8) is 0 Å². The molecule has 0 aliphatic heterocycles. The molecule has 17 heavy (non-hydrogen) atoms. The van der Waals surface area contributed by atoms with Crippen molar-refractivity contribution in [1.82, 2.24) is 5.32 Å². The summed E-state index contributed by atoms with van der Waals surface area (Å²) in [6, 6.07) is 4.93. The van der Waals surface area contributed by atoms with Crippen LogP contribution in [0.1, 0.15) is 31.4 Å². The Bertz CT molecular complexity index is 398. The summed E-state index contributed by atoms with van der Waals surface area (Å²) in [5.74, 6) is -1.07. The first-order valence-electron chi connectivity index (χ1n) is 5.41. The zero-order chi connectivity index (χ0) is 12.8. The van der Waals surface area contributed by atoms with Crippen molar-refractivity contribution in [1.29, 1.82) is 0 Å². The van der Waals surface area contributed by atoms with Crippen molar-refractivity contribution in [3.8, 4) is 0 Å². The SMILES string of the molecule is CC(NCCCC(=O)O)c1ccc(F)c(Br)c1. The third-order valence-corrected chi connectivity index (χ3v) is 3.07. The van der Waals surface area contributed by atoms with Crippen LogP contribution in [0.2, 0.25) is 0 Å². The number of carboxylic acid groups (broad SMARTS) is 1. The monoisotopic (exact) mass is 303 g/mol. The highest BCUT2D eigenvalue weighted by atomic mass is 79.9. The fourth-order valence-corrected chi connectivity index (χ4v) is 1.85. The minimum Gasteiger partial charge on any atom is -0.481 e. The van der Waals surface area contributed by atoms with Crippen molar-refractivity contribution in [2.24, 2.45) is 0 Å². The predicted octanol–water partition coefficient (Wildman–Crippen LogP) is 3.10. The van der Waals surface area contributed by atoms with Crippen LogP contribution in [0.3, 0.4) is 0 Å². The Hall–Kier alpha value is -0.940. The second kappa shape index (κ2) is 6.71. The molecule has 2 N–H and O–H groups in total. The van der Waals surface area contributed by atoms with Crippen LogP contribution in [-0.2, 0) is 4.79 Å². The van der Waals surface area contributed by atoms with Gasteiger partial charge in [0, 0.05) is 12.5 Å². The Morgan fingerprint density at radius 2 is 2.29 bits per heavy atom. The van der Waals surface area contributed by atoms with Gasteiger partial charge in [-0.2, -0.15) is 0 Å². The van der Waals surface area contributed by atoms with Crippen molar-refractivity contribution in [3.05, 3.63) is 34.1 Å². The van der Waals surface area contributed by atoms with Gasteiger partial charge in [0.15, 0.2) is 0 Å². The average molecular weight is 304 g/mol. The van der Waals surface area contributed by atoms with E-state index in [1.54, 1.807) is 12.1 Å². The molecular formula is C12H15BrFNO2. The minimum atomic E-state index is -0.788. The summed E-state index contributed by atoms with van der Waals surface area (Å²) in [4.78, 5) is 10.3. The van der Waals surface area contributed by atoms with E-state index in [1.165, 1.54) is 6.07 Å². The molecule has 1 aromatic carbocycles. The Morgan fingerprint density at radius 1 is 1.59 bits per heavy atom. The lowest BCUT2D eigenvalue weighted by Crippen LogP contribution is -2.20. The summed E-state index contributed by atoms with van der Waals surface area (Å²) in [6.45, 7) is 2.59. The molecule has 0 aromatic heterocycles. The first-order valence-corrected chi connectivity index (χ1v) is 6.20. The Labute approximate surface area is 108 Å². The number of nitrogens with one attached hydrogen (secondary N) is 1. The van der Waals surface area contributed by atoms with Crippen LogP contribution in [-0.4, -0.2) is 17.6 Å². The number of rotatable bonds is 6. The van der Waals surface area contributed by atoms with Gasteiger partial charge >= 0.3 is 5.97 Å². The molecule has 0 saturated carbocycles. The maximum Gasteiger partial charge on any atom is 0.303 e. The van der Waals surface area contributed by atoms with Crippen molar-refractivity contribution >= 4 is 21.9 Å². The van der Waals surface area contributed by atoms with E-state index in [0.29, 0.717) is 17.4 Å². The second-order valence-electron chi connectivity index (χ2n) is 3.85. The second-order valence-corrected chi connectivity index (χ2v) is 4.70. The molecule has 0 aliphatic rings. The first-order chi connectivity index (χ1) is 8.00. The lowest BCUT2D eigenvalue weighted by atomic mass is 10.1. The number of hydrogen-bond donors (Lipinski definition) is 2. The molecule has 0 heterocycles. The van der Waals surface area contributed by atoms with E-state index in [-0.39, 0.29) is 18.3 Å². The quantitative estimate of drug-likeness (QED) is 0.794. The summed E-state index contributed by atoms with van der Waals surface area (Å²) in [7, 11) is 0. The highest BCUT2D eigenvalue weighted by Crippen LogP contribution is 2.21. The van der Waals surface area contributed by atoms with E-state index in [0.717, 1.165) is 5.56 Å². The van der Waals surface area contributed by atoms with Crippen molar-refractivity contribution in [2.45, 2.75) is 25.8 Å². The molecular weight excluding hydrogens is 289 g/mol. The van der Waals surface area contributed by atoms with E-state index < -0.39 is 5.97 Å². The molecule has 1 rings (SSSR count). The van der Waals surface area contributed by atoms with E-state index in [9.17, 15) is 9.18 Å². The Kier molecular flexibility index (Phi) is 5.58. The number of halogens is 2. The van der Waals surface area contributed by atoms with Gasteiger partial charge in [-0.3, -0.25) is 4.79 Å². The topological polar surface area (TPSA) is 49.3 Å². The van der Waals surface area contributed by atoms with E-state index in [2.05, 4.69) is 21.2 Å². The Balaban J connectivity index is 2.44. The number of carbonyl (C=O) groups is 1. The molecule has 1 atom stereocenters. The molecule has 0 fully saturated rings. The lowest BCUT2D eigenvalue weighted by molar-refractivity contribution is -0.137. The van der Waals surface area contributed by atoms with Gasteiger partial charge in [-0.15, -0.1) is 0 Å². The van der Waals surface area contributed by atoms with Gasteiger partial charge < -0.3 is 10.4 Å². The van der Waals surface area contributed by atoms with Crippen LogP contribution in [0.15, 0.2) is 22.7 Å². The highest BCUT2D eigenvalue weighted by molar-refractivity contribution is 9.10. The van der Waals surface area contributed by atoms with Crippen LogP contribution in [0.25, 0.3) is 0 Å². The number of carboxylic acids is 1. The molecule has 5 heteroatoms. The normalized spacial score (nSPS) is 12.4. The van der Waals surface area contributed by atoms with E-state index in [1.807, 2.05) is 6.92 Å². The summed E-state index contributed by atoms with van der Waals surface area (Å²) < 4.78 is 13.5. The molecule has 0 amide bonds. The predicted molar refractivity (Wildman–Crippen MR) is 67.4 cm³/mol. The molecule has 94 valence electrons. The zero-order valence-corrected chi connectivity index (χ0v) is 11.1. The molecule has 1 aromatic rings. The van der Waals surface area contributed by atoms with Gasteiger partial charge in [0.05, 0.1) is 4.47 Å². The van der Waals surface area contributed by atoms with Crippen LogP contribution < -0.4 is 5.32 Å². The molecule has 0 bridgehead atoms. The fraction of sp³-hybridized carbons (Fsp3) is 0.417. The molecule has 3 nitrogen and oxygen atoms in total. The zero-order valence-electron chi connectivity index (χ0n) is 9.54. The van der Waals surface area contributed by atoms with Crippen molar-refractivity contribution in [2.75, 3.05) is 6.54 Å². The summed E-state index contributed by atoms with van der Waals surface area (Å²) in [5.41, 5.74) is 0.966. The maximum absolute atomic E-state index is 13.0. The van der Waals surface area contributed by atoms with E-state index in [4.69, 9.17) is 5.11 Å². The Morgan fingerprint density at radius 3 is 2.88 bits per heavy atom. The van der Waals surface area contributed by atoms with Gasteiger partial charge in [0.25, 0.3) is 0 Å². The fourth-order valence-electron chi connectivity index (χ4n) is 1.46. The summed E-state index contributed by atoms with van der Waals surface area (Å²) >= 11 is 3.13. The minimum absolute atomic E-state index is 0.0701. The third kappa shape index (κ3) is 4.83.